The van der Waals surface area contributed by atoms with E-state index in [1.54, 1.807) is 0 Å². The Morgan fingerprint density at radius 3 is 1.45 bits per heavy atom. The number of amides is 1. The summed E-state index contributed by atoms with van der Waals surface area (Å²) in [7, 11) is -5.07. The molecule has 0 aromatic heterocycles. The van der Waals surface area contributed by atoms with Gasteiger partial charge in [-0.25, -0.2) is 4.18 Å². The maximum absolute atomic E-state index is 13.0. The lowest BCUT2D eigenvalue weighted by molar-refractivity contribution is -0.298. The Labute approximate surface area is 379 Å². The molecule has 13 heteroatoms. The van der Waals surface area contributed by atoms with E-state index in [9.17, 15) is 38.2 Å². The summed E-state index contributed by atoms with van der Waals surface area (Å²) in [6, 6.07) is -0.854. The molecule has 12 nitrogen and oxygen atoms in total. The minimum atomic E-state index is -5.07. The number of hydrogen-bond donors (Lipinski definition) is 6. The van der Waals surface area contributed by atoms with E-state index >= 15 is 0 Å². The van der Waals surface area contributed by atoms with E-state index in [2.05, 4.69) is 35.5 Å². The van der Waals surface area contributed by atoms with Gasteiger partial charge in [0, 0.05) is 6.42 Å². The summed E-state index contributed by atoms with van der Waals surface area (Å²) >= 11 is 0. The second-order valence-electron chi connectivity index (χ2n) is 18.1. The third kappa shape index (κ3) is 32.5. The van der Waals surface area contributed by atoms with Crippen molar-refractivity contribution >= 4 is 16.3 Å². The summed E-state index contributed by atoms with van der Waals surface area (Å²) in [6.45, 7) is 3.43. The fraction of sp³-hybridized carbons (Fsp3) is 0.939. The van der Waals surface area contributed by atoms with Crippen LogP contribution in [0.25, 0.3) is 0 Å². The monoisotopic (exact) mass is 906 g/mol. The van der Waals surface area contributed by atoms with Gasteiger partial charge in [-0.1, -0.05) is 206 Å². The predicted octanol–water partition coefficient (Wildman–Crippen LogP) is 10.7. The quantitative estimate of drug-likeness (QED) is 0.0194. The molecule has 62 heavy (non-hydrogen) atoms. The maximum Gasteiger partial charge on any atom is 0.397 e. The molecule has 1 aliphatic rings. The first-order valence-corrected chi connectivity index (χ1v) is 26.9. The first-order valence-electron chi connectivity index (χ1n) is 25.6. The molecule has 1 amide bonds. The van der Waals surface area contributed by atoms with E-state index in [0.29, 0.717) is 12.8 Å². The van der Waals surface area contributed by atoms with Gasteiger partial charge in [0.2, 0.25) is 5.91 Å². The van der Waals surface area contributed by atoms with Gasteiger partial charge in [0.25, 0.3) is 0 Å². The van der Waals surface area contributed by atoms with Crippen molar-refractivity contribution in [3.63, 3.8) is 0 Å². The molecule has 368 valence electrons. The van der Waals surface area contributed by atoms with E-state index in [4.69, 9.17) is 9.47 Å². The van der Waals surface area contributed by atoms with Crippen molar-refractivity contribution in [2.24, 2.45) is 0 Å². The molecule has 7 unspecified atom stereocenters. The molecule has 0 aromatic carbocycles. The van der Waals surface area contributed by atoms with Crippen molar-refractivity contribution in [2.45, 2.75) is 281 Å². The number of allylic oxidation sites excluding steroid dienone is 2. The minimum absolute atomic E-state index is 0.231. The zero-order chi connectivity index (χ0) is 45.5. The Kier molecular flexibility index (Phi) is 38.1. The van der Waals surface area contributed by atoms with E-state index in [1.165, 1.54) is 161 Å². The molecular weight excluding hydrogens is 811 g/mol. The summed E-state index contributed by atoms with van der Waals surface area (Å²) < 4.78 is 47.6. The second kappa shape index (κ2) is 40.1. The molecule has 0 aliphatic carbocycles. The van der Waals surface area contributed by atoms with Crippen LogP contribution in [-0.2, 0) is 28.9 Å². The Morgan fingerprint density at radius 2 is 1.03 bits per heavy atom. The Bertz CT molecular complexity index is 1160. The average Bonchev–Trinajstić information content (AvgIpc) is 3.24. The zero-order valence-corrected chi connectivity index (χ0v) is 40.3. The summed E-state index contributed by atoms with van der Waals surface area (Å²) in [5, 5.41) is 44.8. The molecule has 6 N–H and O–H groups in total. The number of nitrogens with one attached hydrogen (secondary N) is 1. The molecule has 0 radical (unpaired) electrons. The lowest BCUT2D eigenvalue weighted by Crippen LogP contribution is -2.61. The van der Waals surface area contributed by atoms with Crippen LogP contribution in [0.3, 0.4) is 0 Å². The molecule has 1 saturated heterocycles. The van der Waals surface area contributed by atoms with Crippen LogP contribution < -0.4 is 5.32 Å². The van der Waals surface area contributed by atoms with Crippen LogP contribution in [0.2, 0.25) is 0 Å². The highest BCUT2D eigenvalue weighted by Gasteiger charge is 2.48. The van der Waals surface area contributed by atoms with Gasteiger partial charge >= 0.3 is 10.4 Å². The summed E-state index contributed by atoms with van der Waals surface area (Å²) in [5.41, 5.74) is 0. The van der Waals surface area contributed by atoms with Crippen LogP contribution in [0, 0.1) is 0 Å². The zero-order valence-electron chi connectivity index (χ0n) is 39.5. The van der Waals surface area contributed by atoms with Crippen LogP contribution in [0.4, 0.5) is 0 Å². The Morgan fingerprint density at radius 1 is 0.629 bits per heavy atom. The molecule has 7 atom stereocenters. The van der Waals surface area contributed by atoms with E-state index in [-0.39, 0.29) is 12.5 Å². The standard InChI is InChI=1S/C49H95NO11S/c1-3-5-7-9-11-13-14-15-16-17-18-19-20-21-22-23-24-25-26-27-28-29-31-33-35-37-39-45(53)50-42(43(52)38-36-34-32-30-12-10-8-6-4-2)41-59-49-47(55)48(61-62(56,57)58)46(54)44(40-51)60-49/h21-22,42-44,46-49,51-52,54-55H,3-20,23-41H2,1-2H3,(H,50,53)(H,56,57,58)/b22-21-. The highest BCUT2D eigenvalue weighted by atomic mass is 32.3. The summed E-state index contributed by atoms with van der Waals surface area (Å²) in [6.07, 6.45) is 36.7. The third-order valence-electron chi connectivity index (χ3n) is 12.3. The number of rotatable bonds is 44. The van der Waals surface area contributed by atoms with Gasteiger partial charge < -0.3 is 35.2 Å². The Hall–Kier alpha value is -1.16. The van der Waals surface area contributed by atoms with Crippen LogP contribution >= 0.6 is 0 Å². The van der Waals surface area contributed by atoms with Crippen molar-refractivity contribution in [3.05, 3.63) is 12.2 Å². The maximum atomic E-state index is 13.0. The highest BCUT2D eigenvalue weighted by Crippen LogP contribution is 2.26. The molecule has 0 spiro atoms. The molecule has 1 rings (SSSR count). The van der Waals surface area contributed by atoms with Crippen molar-refractivity contribution in [2.75, 3.05) is 13.2 Å². The average molecular weight is 906 g/mol. The minimum Gasteiger partial charge on any atom is -0.394 e. The van der Waals surface area contributed by atoms with Gasteiger partial charge in [-0.05, 0) is 38.5 Å². The SMILES string of the molecule is CCCCCCCCCCCCCC/C=C\CCCCCCCCCCCCC(=O)NC(COC1OC(CO)C(O)C(OS(=O)(=O)O)C1O)C(O)CCCCCCCCCCC. The lowest BCUT2D eigenvalue weighted by atomic mass is 9.99. The fourth-order valence-electron chi connectivity index (χ4n) is 8.34. The largest absolute Gasteiger partial charge is 0.397 e. The van der Waals surface area contributed by atoms with Crippen LogP contribution in [-0.4, -0.2) is 95.4 Å². The summed E-state index contributed by atoms with van der Waals surface area (Å²) in [4.78, 5) is 13.0. The van der Waals surface area contributed by atoms with Crippen molar-refractivity contribution in [1.82, 2.24) is 5.32 Å². The number of ether oxygens (including phenoxy) is 2. The fourth-order valence-corrected chi connectivity index (χ4v) is 8.85. The highest BCUT2D eigenvalue weighted by molar-refractivity contribution is 7.80. The molecule has 1 aliphatic heterocycles. The normalized spacial score (nSPS) is 20.5. The molecule has 0 bridgehead atoms. The third-order valence-corrected chi connectivity index (χ3v) is 12.8. The number of aliphatic hydroxyl groups is 4. The van der Waals surface area contributed by atoms with Gasteiger partial charge in [0.05, 0.1) is 25.4 Å². The van der Waals surface area contributed by atoms with Gasteiger partial charge in [-0.2, -0.15) is 8.42 Å². The first-order chi connectivity index (χ1) is 30.0. The number of hydrogen-bond acceptors (Lipinski definition) is 10. The van der Waals surface area contributed by atoms with Crippen molar-refractivity contribution in [1.29, 1.82) is 0 Å². The van der Waals surface area contributed by atoms with Gasteiger partial charge in [0.15, 0.2) is 6.29 Å². The van der Waals surface area contributed by atoms with Crippen LogP contribution in [0.1, 0.15) is 239 Å². The molecular formula is C49H95NO11S. The number of unbranched alkanes of at least 4 members (excludes halogenated alkanes) is 30. The molecule has 0 aromatic rings. The van der Waals surface area contributed by atoms with E-state index in [0.717, 1.165) is 51.4 Å². The first kappa shape index (κ1) is 58.9. The van der Waals surface area contributed by atoms with Gasteiger partial charge in [-0.3, -0.25) is 9.35 Å². The topological polar surface area (TPSA) is 192 Å². The second-order valence-corrected chi connectivity index (χ2v) is 19.2. The number of carbonyl (C=O) groups is 1. The predicted molar refractivity (Wildman–Crippen MR) is 250 cm³/mol. The molecule has 1 fully saturated rings. The summed E-state index contributed by atoms with van der Waals surface area (Å²) in [5.74, 6) is -0.231. The Balaban J connectivity index is 2.29. The van der Waals surface area contributed by atoms with Gasteiger partial charge in [-0.15, -0.1) is 0 Å². The molecule has 0 saturated carbocycles. The number of carbonyl (C=O) groups excluding carboxylic acids is 1. The van der Waals surface area contributed by atoms with Crippen LogP contribution in [0.5, 0.6) is 0 Å². The van der Waals surface area contributed by atoms with Crippen molar-refractivity contribution < 1.29 is 51.8 Å². The lowest BCUT2D eigenvalue weighted by Gasteiger charge is -2.41. The number of aliphatic hydroxyl groups excluding tert-OH is 4. The van der Waals surface area contributed by atoms with Crippen LogP contribution in [0.15, 0.2) is 12.2 Å². The van der Waals surface area contributed by atoms with E-state index < -0.39 is 59.9 Å². The van der Waals surface area contributed by atoms with Crippen molar-refractivity contribution in [3.8, 4) is 0 Å². The van der Waals surface area contributed by atoms with E-state index in [1.807, 2.05) is 0 Å². The molecule has 1 heterocycles. The van der Waals surface area contributed by atoms with Gasteiger partial charge in [0.1, 0.15) is 24.4 Å². The smallest absolute Gasteiger partial charge is 0.394 e.